The van der Waals surface area contributed by atoms with Gasteiger partial charge in [0.05, 0.1) is 19.8 Å². The molecule has 1 saturated heterocycles. The lowest BCUT2D eigenvalue weighted by Gasteiger charge is -2.17. The van der Waals surface area contributed by atoms with Crippen LogP contribution in [0.4, 0.5) is 0 Å². The number of amides is 1. The van der Waals surface area contributed by atoms with Crippen LogP contribution in [0.15, 0.2) is 101 Å². The van der Waals surface area contributed by atoms with E-state index < -0.39 is 19.9 Å². The molecule has 4 aromatic rings. The molecule has 42 heavy (non-hydrogen) atoms. The van der Waals surface area contributed by atoms with Crippen LogP contribution in [0.25, 0.3) is 22.3 Å². The van der Waals surface area contributed by atoms with E-state index in [4.69, 9.17) is 23.2 Å². The fraction of sp³-hybridized carbons (Fsp3) is 0.194. The van der Waals surface area contributed by atoms with Gasteiger partial charge in [-0.3, -0.25) is 4.79 Å². The van der Waals surface area contributed by atoms with Crippen LogP contribution < -0.4 is 4.72 Å². The molecule has 5 rings (SSSR count). The van der Waals surface area contributed by atoms with Crippen LogP contribution >= 0.6 is 23.2 Å². The van der Waals surface area contributed by atoms with E-state index in [1.807, 2.05) is 6.07 Å². The van der Waals surface area contributed by atoms with Crippen molar-refractivity contribution in [1.29, 1.82) is 0 Å². The Morgan fingerprint density at radius 1 is 0.833 bits per heavy atom. The predicted octanol–water partition coefficient (Wildman–Crippen LogP) is 6.17. The summed E-state index contributed by atoms with van der Waals surface area (Å²) in [5.41, 5.74) is 3.40. The molecule has 1 aliphatic heterocycles. The second kappa shape index (κ2) is 12.2. The number of carbonyl (C=O) groups excluding carboxylic acids is 1. The lowest BCUT2D eigenvalue weighted by Crippen LogP contribution is -2.33. The Kier molecular flexibility index (Phi) is 8.78. The molecule has 1 unspecified atom stereocenters. The zero-order chi connectivity index (χ0) is 30.1. The zero-order valence-electron chi connectivity index (χ0n) is 22.6. The third kappa shape index (κ3) is 6.71. The molecule has 1 fully saturated rings. The number of halogens is 2. The van der Waals surface area contributed by atoms with Crippen molar-refractivity contribution in [3.05, 3.63) is 107 Å². The average Bonchev–Trinajstić information content (AvgIpc) is 3.46. The largest absolute Gasteiger partial charge is 0.338 e. The number of benzene rings is 4. The maximum Gasteiger partial charge on any atom is 0.253 e. The molecule has 1 aliphatic rings. The highest BCUT2D eigenvalue weighted by Gasteiger charge is 2.28. The second-order valence-corrected chi connectivity index (χ2v) is 14.8. The van der Waals surface area contributed by atoms with Gasteiger partial charge >= 0.3 is 0 Å². The normalized spacial score (nSPS) is 15.6. The zero-order valence-corrected chi connectivity index (χ0v) is 25.8. The summed E-state index contributed by atoms with van der Waals surface area (Å²) < 4.78 is 52.9. The Bertz CT molecular complexity index is 1840. The van der Waals surface area contributed by atoms with Crippen molar-refractivity contribution >= 4 is 49.0 Å². The van der Waals surface area contributed by atoms with Crippen molar-refractivity contribution in [3.8, 4) is 22.3 Å². The topological polar surface area (TPSA) is 101 Å². The number of hydrogen-bond acceptors (Lipinski definition) is 5. The van der Waals surface area contributed by atoms with Gasteiger partial charge in [-0.1, -0.05) is 71.7 Å². The molecule has 0 aromatic heterocycles. The lowest BCUT2D eigenvalue weighted by molar-refractivity contribution is 0.0787. The molecule has 0 spiro atoms. The highest BCUT2D eigenvalue weighted by atomic mass is 35.5. The number of nitrogens with zero attached hydrogens (tertiary/aromatic N) is 1. The molecule has 218 valence electrons. The molecular weight excluding hydrogens is 615 g/mol. The van der Waals surface area contributed by atoms with Crippen molar-refractivity contribution in [1.82, 2.24) is 9.62 Å². The minimum Gasteiger partial charge on any atom is -0.338 e. The quantitative estimate of drug-likeness (QED) is 0.248. The van der Waals surface area contributed by atoms with E-state index in [1.54, 1.807) is 89.8 Å². The number of carbonyl (C=O) groups is 1. The highest BCUT2D eigenvalue weighted by molar-refractivity contribution is 7.90. The monoisotopic (exact) mass is 642 g/mol. The summed E-state index contributed by atoms with van der Waals surface area (Å²) in [4.78, 5) is 15.2. The molecule has 1 heterocycles. The Balaban J connectivity index is 1.19. The van der Waals surface area contributed by atoms with Gasteiger partial charge in [0.15, 0.2) is 9.84 Å². The van der Waals surface area contributed by atoms with E-state index in [0.717, 1.165) is 11.1 Å². The van der Waals surface area contributed by atoms with Gasteiger partial charge in [-0.15, -0.1) is 0 Å². The summed E-state index contributed by atoms with van der Waals surface area (Å²) in [6.07, 6.45) is 1.84. The molecule has 1 atom stereocenters. The van der Waals surface area contributed by atoms with Gasteiger partial charge in [0.2, 0.25) is 10.0 Å². The van der Waals surface area contributed by atoms with Crippen LogP contribution in [0.2, 0.25) is 10.0 Å². The van der Waals surface area contributed by atoms with Crippen LogP contribution in [0.1, 0.15) is 16.8 Å². The smallest absolute Gasteiger partial charge is 0.253 e. The Morgan fingerprint density at radius 3 is 2.14 bits per heavy atom. The summed E-state index contributed by atoms with van der Waals surface area (Å²) in [5.74, 6) is -0.179. The van der Waals surface area contributed by atoms with Gasteiger partial charge in [0.1, 0.15) is 0 Å². The van der Waals surface area contributed by atoms with Gasteiger partial charge in [-0.2, -0.15) is 0 Å². The summed E-state index contributed by atoms with van der Waals surface area (Å²) in [6.45, 7) is 1.15. The van der Waals surface area contributed by atoms with E-state index in [-0.39, 0.29) is 28.2 Å². The third-order valence-electron chi connectivity index (χ3n) is 7.28. The van der Waals surface area contributed by atoms with E-state index in [9.17, 15) is 21.6 Å². The molecule has 0 aliphatic carbocycles. The maximum atomic E-state index is 13.2. The van der Waals surface area contributed by atoms with E-state index >= 15 is 0 Å². The van der Waals surface area contributed by atoms with Crippen molar-refractivity contribution in [3.63, 3.8) is 0 Å². The van der Waals surface area contributed by atoms with Crippen molar-refractivity contribution in [2.75, 3.05) is 25.9 Å². The van der Waals surface area contributed by atoms with Crippen molar-refractivity contribution < 1.29 is 21.6 Å². The number of hydrogen-bond donors (Lipinski definition) is 1. The molecule has 0 bridgehead atoms. The van der Waals surface area contributed by atoms with Gasteiger partial charge in [0, 0.05) is 37.0 Å². The number of sulfone groups is 1. The van der Waals surface area contributed by atoms with Crippen molar-refractivity contribution in [2.24, 2.45) is 5.92 Å². The molecular formula is C31H28Cl2N2O5S2. The Morgan fingerprint density at radius 2 is 1.48 bits per heavy atom. The van der Waals surface area contributed by atoms with Gasteiger partial charge < -0.3 is 4.90 Å². The van der Waals surface area contributed by atoms with Crippen LogP contribution in [-0.2, 0) is 19.9 Å². The minimum absolute atomic E-state index is 0.0277. The Labute approximate surface area is 256 Å². The summed E-state index contributed by atoms with van der Waals surface area (Å²) >= 11 is 12.1. The molecule has 1 N–H and O–H groups in total. The first-order valence-corrected chi connectivity index (χ1v) is 17.3. The van der Waals surface area contributed by atoms with E-state index in [1.165, 1.54) is 6.26 Å². The van der Waals surface area contributed by atoms with Gasteiger partial charge in [0.25, 0.3) is 5.91 Å². The highest BCUT2D eigenvalue weighted by Crippen LogP contribution is 2.30. The first-order chi connectivity index (χ1) is 19.9. The van der Waals surface area contributed by atoms with Crippen LogP contribution in [0.3, 0.4) is 0 Å². The van der Waals surface area contributed by atoms with Gasteiger partial charge in [-0.25, -0.2) is 21.6 Å². The SMILES string of the molecule is CS(=O)(=O)c1ccccc1-c1ccc(C(=O)N2CCC(CNS(=O)(=O)c3ccc(-c4ccc(Cl)c(Cl)c4)cc3)C2)cc1. The standard InChI is InChI=1S/C31H28Cl2N2O5S2/c1-41(37,38)30-5-3-2-4-27(30)23-6-8-24(9-7-23)31(36)35-17-16-21(20-35)19-34-42(39,40)26-13-10-22(11-14-26)25-12-15-28(32)29(33)18-25/h2-15,18,21,34H,16-17,19-20H2,1H3. The second-order valence-electron chi connectivity index (χ2n) is 10.3. The fourth-order valence-corrected chi connectivity index (χ4v) is 7.33. The number of rotatable bonds is 8. The molecule has 4 aromatic carbocycles. The number of likely N-dealkylation sites (tertiary alicyclic amines) is 1. The van der Waals surface area contributed by atoms with Crippen LogP contribution in [0.5, 0.6) is 0 Å². The van der Waals surface area contributed by atoms with Gasteiger partial charge in [-0.05, 0) is 71.5 Å². The third-order valence-corrected chi connectivity index (χ3v) is 10.6. The molecule has 11 heteroatoms. The predicted molar refractivity (Wildman–Crippen MR) is 166 cm³/mol. The first kappa shape index (κ1) is 30.3. The maximum absolute atomic E-state index is 13.2. The fourth-order valence-electron chi connectivity index (χ4n) is 5.00. The van der Waals surface area contributed by atoms with Crippen LogP contribution in [-0.4, -0.2) is 53.5 Å². The Hall–Kier alpha value is -3.21. The number of nitrogens with one attached hydrogen (secondary N) is 1. The van der Waals surface area contributed by atoms with E-state index in [0.29, 0.717) is 46.2 Å². The molecule has 7 nitrogen and oxygen atoms in total. The average molecular weight is 644 g/mol. The van der Waals surface area contributed by atoms with Crippen molar-refractivity contribution in [2.45, 2.75) is 16.2 Å². The summed E-state index contributed by atoms with van der Waals surface area (Å²) in [7, 11) is -7.15. The van der Waals surface area contributed by atoms with E-state index in [2.05, 4.69) is 4.72 Å². The molecule has 0 radical (unpaired) electrons. The first-order valence-electron chi connectivity index (χ1n) is 13.2. The minimum atomic E-state index is -3.74. The summed E-state index contributed by atoms with van der Waals surface area (Å²) in [5, 5.41) is 0.867. The molecule has 1 amide bonds. The summed E-state index contributed by atoms with van der Waals surface area (Å²) in [6, 6.07) is 25.4. The lowest BCUT2D eigenvalue weighted by atomic mass is 10.0. The number of sulfonamides is 1. The molecule has 0 saturated carbocycles. The van der Waals surface area contributed by atoms with Crippen LogP contribution in [0, 0.1) is 5.92 Å².